The Morgan fingerprint density at radius 3 is 2.81 bits per heavy atom. The van der Waals surface area contributed by atoms with Gasteiger partial charge in [0.15, 0.2) is 0 Å². The van der Waals surface area contributed by atoms with E-state index < -0.39 is 5.82 Å². The minimum Gasteiger partial charge on any atom is -0.352 e. The van der Waals surface area contributed by atoms with Crippen LogP contribution in [0.3, 0.4) is 0 Å². The topological polar surface area (TPSA) is 29.1 Å². The Morgan fingerprint density at radius 2 is 2.19 bits per heavy atom. The fraction of sp³-hybridized carbons (Fsp3) is 0.471. The summed E-state index contributed by atoms with van der Waals surface area (Å²) in [6, 6.07) is 4.45. The van der Waals surface area contributed by atoms with E-state index in [2.05, 4.69) is 19.2 Å². The van der Waals surface area contributed by atoms with Crippen molar-refractivity contribution < 1.29 is 9.18 Å². The van der Waals surface area contributed by atoms with Crippen molar-refractivity contribution >= 4 is 23.6 Å². The smallest absolute Gasteiger partial charge is 0.244 e. The van der Waals surface area contributed by atoms with Crippen molar-refractivity contribution in [2.45, 2.75) is 39.5 Å². The molecule has 0 aliphatic carbocycles. The van der Waals surface area contributed by atoms with Crippen LogP contribution in [-0.4, -0.2) is 12.5 Å². The summed E-state index contributed by atoms with van der Waals surface area (Å²) in [4.78, 5) is 11.8. The van der Waals surface area contributed by atoms with Crippen molar-refractivity contribution in [3.8, 4) is 0 Å². The first-order valence-electron chi connectivity index (χ1n) is 7.48. The van der Waals surface area contributed by atoms with Crippen LogP contribution in [0.2, 0.25) is 5.02 Å². The van der Waals surface area contributed by atoms with Crippen molar-refractivity contribution in [1.82, 2.24) is 5.32 Å². The molecule has 1 rings (SSSR count). The predicted octanol–water partition coefficient (Wildman–Crippen LogP) is 4.82. The summed E-state index contributed by atoms with van der Waals surface area (Å²) >= 11 is 5.90. The normalized spacial score (nSPS) is 12.6. The molecular formula is C17H23ClFNO. The van der Waals surface area contributed by atoms with Crippen LogP contribution < -0.4 is 5.32 Å². The summed E-state index contributed by atoms with van der Waals surface area (Å²) in [6.45, 7) is 4.94. The van der Waals surface area contributed by atoms with E-state index in [-0.39, 0.29) is 11.5 Å². The van der Waals surface area contributed by atoms with Gasteiger partial charge in [-0.25, -0.2) is 4.39 Å². The van der Waals surface area contributed by atoms with E-state index in [1.807, 2.05) is 0 Å². The van der Waals surface area contributed by atoms with E-state index in [0.29, 0.717) is 17.5 Å². The minimum absolute atomic E-state index is 0.218. The second-order valence-electron chi connectivity index (χ2n) is 5.13. The van der Waals surface area contributed by atoms with Gasteiger partial charge in [-0.2, -0.15) is 0 Å². The fourth-order valence-electron chi connectivity index (χ4n) is 2.08. The monoisotopic (exact) mass is 311 g/mol. The van der Waals surface area contributed by atoms with Crippen LogP contribution in [0.4, 0.5) is 4.39 Å². The Hall–Kier alpha value is -1.35. The number of halogens is 2. The zero-order valence-electron chi connectivity index (χ0n) is 12.7. The first-order chi connectivity index (χ1) is 10.1. The molecule has 2 nitrogen and oxygen atoms in total. The number of nitrogens with one attached hydrogen (secondary N) is 1. The molecule has 0 bridgehead atoms. The quantitative estimate of drug-likeness (QED) is 0.685. The van der Waals surface area contributed by atoms with Gasteiger partial charge >= 0.3 is 0 Å². The van der Waals surface area contributed by atoms with E-state index >= 15 is 0 Å². The SMILES string of the molecule is CCCCC(CC)CNC(=O)C=Cc1c(F)cccc1Cl. The van der Waals surface area contributed by atoms with E-state index in [4.69, 9.17) is 11.6 Å². The molecule has 1 N–H and O–H groups in total. The lowest BCUT2D eigenvalue weighted by molar-refractivity contribution is -0.116. The average molecular weight is 312 g/mol. The molecule has 0 saturated heterocycles. The second kappa shape index (κ2) is 9.56. The van der Waals surface area contributed by atoms with Crippen molar-refractivity contribution in [2.24, 2.45) is 5.92 Å². The first-order valence-corrected chi connectivity index (χ1v) is 7.86. The number of amides is 1. The van der Waals surface area contributed by atoms with E-state index in [1.165, 1.54) is 30.7 Å². The van der Waals surface area contributed by atoms with E-state index in [1.54, 1.807) is 6.07 Å². The standard InChI is InChI=1S/C17H23ClFNO/c1-3-5-7-13(4-2)12-20-17(21)11-10-14-15(18)8-6-9-16(14)19/h6,8-11,13H,3-5,7,12H2,1-2H3,(H,20,21). The third-order valence-corrected chi connectivity index (χ3v) is 3.84. The highest BCUT2D eigenvalue weighted by Crippen LogP contribution is 2.20. The molecule has 1 amide bonds. The Balaban J connectivity index is 2.51. The van der Waals surface area contributed by atoms with Gasteiger partial charge in [-0.3, -0.25) is 4.79 Å². The Bertz CT molecular complexity index is 467. The number of hydrogen-bond acceptors (Lipinski definition) is 1. The molecule has 0 heterocycles. The van der Waals surface area contributed by atoms with Crippen LogP contribution in [0, 0.1) is 11.7 Å². The zero-order chi connectivity index (χ0) is 15.7. The molecule has 1 aromatic carbocycles. The third-order valence-electron chi connectivity index (χ3n) is 3.51. The van der Waals surface area contributed by atoms with Gasteiger partial charge < -0.3 is 5.32 Å². The summed E-state index contributed by atoms with van der Waals surface area (Å²) < 4.78 is 13.5. The summed E-state index contributed by atoms with van der Waals surface area (Å²) in [5.41, 5.74) is 0.243. The second-order valence-corrected chi connectivity index (χ2v) is 5.54. The number of carbonyl (C=O) groups is 1. The van der Waals surface area contributed by atoms with Crippen molar-refractivity contribution in [2.75, 3.05) is 6.54 Å². The maximum absolute atomic E-state index is 13.5. The van der Waals surface area contributed by atoms with Crippen LogP contribution in [-0.2, 0) is 4.79 Å². The fourth-order valence-corrected chi connectivity index (χ4v) is 2.30. The lowest BCUT2D eigenvalue weighted by atomic mass is 9.99. The maximum atomic E-state index is 13.5. The molecule has 116 valence electrons. The van der Waals surface area contributed by atoms with Gasteiger partial charge in [0.05, 0.1) is 5.02 Å². The number of benzene rings is 1. The molecule has 4 heteroatoms. The number of rotatable bonds is 8. The number of hydrogen-bond donors (Lipinski definition) is 1. The van der Waals surface area contributed by atoms with Gasteiger partial charge in [0.2, 0.25) is 5.91 Å². The Labute approximate surface area is 131 Å². The van der Waals surface area contributed by atoms with Crippen molar-refractivity contribution in [3.05, 3.63) is 40.7 Å². The van der Waals surface area contributed by atoms with Crippen LogP contribution >= 0.6 is 11.6 Å². The molecule has 21 heavy (non-hydrogen) atoms. The van der Waals surface area contributed by atoms with Gasteiger partial charge in [0.25, 0.3) is 0 Å². The van der Waals surface area contributed by atoms with Crippen LogP contribution in [0.1, 0.15) is 45.1 Å². The summed E-state index contributed by atoms with van der Waals surface area (Å²) in [6.07, 6.45) is 7.25. The van der Waals surface area contributed by atoms with Crippen molar-refractivity contribution in [1.29, 1.82) is 0 Å². The van der Waals surface area contributed by atoms with Gasteiger partial charge in [-0.05, 0) is 30.5 Å². The molecular weight excluding hydrogens is 289 g/mol. The molecule has 1 aromatic rings. The highest BCUT2D eigenvalue weighted by Gasteiger charge is 2.07. The number of carbonyl (C=O) groups excluding carboxylic acids is 1. The first kappa shape index (κ1) is 17.7. The molecule has 0 aliphatic rings. The molecule has 1 unspecified atom stereocenters. The summed E-state index contributed by atoms with van der Waals surface area (Å²) in [5.74, 6) is -0.149. The third kappa shape index (κ3) is 6.30. The zero-order valence-corrected chi connectivity index (χ0v) is 13.4. The average Bonchev–Trinajstić information content (AvgIpc) is 2.47. The van der Waals surface area contributed by atoms with Gasteiger partial charge in [0.1, 0.15) is 5.82 Å². The molecule has 1 atom stereocenters. The largest absolute Gasteiger partial charge is 0.352 e. The lowest BCUT2D eigenvalue weighted by Crippen LogP contribution is -2.27. The minimum atomic E-state index is -0.430. The molecule has 0 aliphatic heterocycles. The Morgan fingerprint density at radius 1 is 1.43 bits per heavy atom. The van der Waals surface area contributed by atoms with Crippen molar-refractivity contribution in [3.63, 3.8) is 0 Å². The molecule has 0 fully saturated rings. The highest BCUT2D eigenvalue weighted by atomic mass is 35.5. The van der Waals surface area contributed by atoms with Gasteiger partial charge in [0, 0.05) is 18.2 Å². The van der Waals surface area contributed by atoms with Gasteiger partial charge in [-0.1, -0.05) is 50.8 Å². The lowest BCUT2D eigenvalue weighted by Gasteiger charge is -2.14. The molecule has 0 saturated carbocycles. The molecule has 0 spiro atoms. The maximum Gasteiger partial charge on any atom is 0.244 e. The molecule has 0 aromatic heterocycles. The Kier molecular flexibility index (Phi) is 8.06. The van der Waals surface area contributed by atoms with Crippen LogP contribution in [0.25, 0.3) is 6.08 Å². The van der Waals surface area contributed by atoms with Crippen LogP contribution in [0.15, 0.2) is 24.3 Å². The van der Waals surface area contributed by atoms with Gasteiger partial charge in [-0.15, -0.1) is 0 Å². The summed E-state index contributed by atoms with van der Waals surface area (Å²) in [7, 11) is 0. The molecule has 0 radical (unpaired) electrons. The summed E-state index contributed by atoms with van der Waals surface area (Å²) in [5, 5.41) is 3.16. The number of unbranched alkanes of at least 4 members (excludes halogenated alkanes) is 1. The van der Waals surface area contributed by atoms with E-state index in [9.17, 15) is 9.18 Å². The highest BCUT2D eigenvalue weighted by molar-refractivity contribution is 6.32. The van der Waals surface area contributed by atoms with E-state index in [0.717, 1.165) is 19.3 Å². The predicted molar refractivity (Wildman–Crippen MR) is 86.8 cm³/mol. The van der Waals surface area contributed by atoms with Crippen LogP contribution in [0.5, 0.6) is 0 Å².